The van der Waals surface area contributed by atoms with Crippen LogP contribution >= 0.6 is 0 Å². The zero-order chi connectivity index (χ0) is 64.8. The molecule has 86 heavy (non-hydrogen) atoms. The van der Waals surface area contributed by atoms with Gasteiger partial charge in [-0.2, -0.15) is 0 Å². The molecular formula is C72H152N4O10. The average molecular weight is 1230 g/mol. The van der Waals surface area contributed by atoms with Crippen molar-refractivity contribution in [2.45, 2.75) is 410 Å². The number of rotatable bonds is 62. The van der Waals surface area contributed by atoms with E-state index in [4.69, 9.17) is 43.4 Å². The maximum absolute atomic E-state index is 9.77. The average Bonchev–Trinajstić information content (AvgIpc) is 3.60. The minimum absolute atomic E-state index is 0.125. The van der Waals surface area contributed by atoms with Crippen molar-refractivity contribution in [3.05, 3.63) is 24.3 Å². The van der Waals surface area contributed by atoms with Crippen LogP contribution in [0.5, 0.6) is 0 Å². The molecule has 18 N–H and O–H groups in total. The van der Waals surface area contributed by atoms with E-state index >= 15 is 0 Å². The van der Waals surface area contributed by atoms with E-state index < -0.39 is 60.8 Å². The SMILES string of the molecule is CCCCCCCCCCCCC/C=C/[C@@H](O)[C@@H](N)CO.CCCCCCCCCCCCCCC[C@@H](O)[C@@H](N)CO.CCCCCCCCCCCCCC[C@@H](O)[C@@H](O)[C@@H](N)CO.CCCCCCCCCCCC[C@@H](O)/C=C/[C@@H](O)[C@@H](N)CO. The van der Waals surface area contributed by atoms with Crippen LogP contribution in [0.4, 0.5) is 0 Å². The Labute approximate surface area is 532 Å². The lowest BCUT2D eigenvalue weighted by molar-refractivity contribution is -0.0121. The molecule has 0 unspecified atom stereocenters. The predicted octanol–water partition coefficient (Wildman–Crippen LogP) is 14.1. The highest BCUT2D eigenvalue weighted by Gasteiger charge is 2.22. The molecule has 0 rings (SSSR count). The topological polar surface area (TPSA) is 306 Å². The van der Waals surface area contributed by atoms with Gasteiger partial charge in [0.25, 0.3) is 0 Å². The first kappa shape index (κ1) is 91.3. The van der Waals surface area contributed by atoms with Crippen molar-refractivity contribution < 1.29 is 51.1 Å². The first-order valence-corrected chi connectivity index (χ1v) is 36.6. The van der Waals surface area contributed by atoms with Gasteiger partial charge in [-0.05, 0) is 32.1 Å². The molecule has 14 nitrogen and oxygen atoms in total. The summed E-state index contributed by atoms with van der Waals surface area (Å²) in [5.74, 6) is 0. The smallest absolute Gasteiger partial charge is 0.0971 e. The molecule has 0 aromatic heterocycles. The second-order valence-corrected chi connectivity index (χ2v) is 25.4. The summed E-state index contributed by atoms with van der Waals surface area (Å²) in [5.41, 5.74) is 22.0. The fraction of sp³-hybridized carbons (Fsp3) is 0.944. The predicted molar refractivity (Wildman–Crippen MR) is 368 cm³/mol. The third-order valence-corrected chi connectivity index (χ3v) is 16.7. The Morgan fingerprint density at radius 1 is 0.256 bits per heavy atom. The van der Waals surface area contributed by atoms with E-state index in [1.807, 2.05) is 6.08 Å². The molecule has 0 spiro atoms. The number of hydrogen-bond donors (Lipinski definition) is 14. The zero-order valence-electron chi connectivity index (χ0n) is 57.0. The molecule has 14 heteroatoms. The van der Waals surface area contributed by atoms with E-state index in [9.17, 15) is 30.6 Å². The van der Waals surface area contributed by atoms with Crippen LogP contribution in [0.15, 0.2) is 24.3 Å². The van der Waals surface area contributed by atoms with E-state index in [1.165, 1.54) is 269 Å². The minimum atomic E-state index is -1.02. The fourth-order valence-electron chi connectivity index (χ4n) is 10.3. The summed E-state index contributed by atoms with van der Waals surface area (Å²) in [7, 11) is 0. The monoisotopic (exact) mass is 1230 g/mol. The minimum Gasteiger partial charge on any atom is -0.395 e. The molecule has 0 aromatic rings. The second kappa shape index (κ2) is 76.4. The molecule has 0 fully saturated rings. The number of hydrogen-bond acceptors (Lipinski definition) is 14. The second-order valence-electron chi connectivity index (χ2n) is 25.4. The molecule has 0 heterocycles. The van der Waals surface area contributed by atoms with Gasteiger partial charge in [0.05, 0.1) is 87.2 Å². The van der Waals surface area contributed by atoms with Crippen LogP contribution in [-0.4, -0.2) is 138 Å². The van der Waals surface area contributed by atoms with E-state index in [0.29, 0.717) is 12.8 Å². The lowest BCUT2D eigenvalue weighted by Crippen LogP contribution is -2.45. The van der Waals surface area contributed by atoms with Gasteiger partial charge < -0.3 is 74.0 Å². The van der Waals surface area contributed by atoms with E-state index in [-0.39, 0.29) is 26.4 Å². The maximum Gasteiger partial charge on any atom is 0.0971 e. The van der Waals surface area contributed by atoms with Crippen LogP contribution in [-0.2, 0) is 0 Å². The Morgan fingerprint density at radius 3 is 0.791 bits per heavy atom. The van der Waals surface area contributed by atoms with E-state index in [2.05, 4.69) is 27.7 Å². The van der Waals surface area contributed by atoms with Crippen molar-refractivity contribution in [1.82, 2.24) is 0 Å². The summed E-state index contributed by atoms with van der Waals surface area (Å²) < 4.78 is 0. The van der Waals surface area contributed by atoms with Crippen molar-refractivity contribution in [2.24, 2.45) is 22.9 Å². The highest BCUT2D eigenvalue weighted by Crippen LogP contribution is 2.18. The van der Waals surface area contributed by atoms with Crippen LogP contribution in [0, 0.1) is 0 Å². The third-order valence-electron chi connectivity index (χ3n) is 16.7. The molecule has 0 aromatic carbocycles. The van der Waals surface area contributed by atoms with Crippen molar-refractivity contribution in [3.8, 4) is 0 Å². The lowest BCUT2D eigenvalue weighted by atomic mass is 10.00. The highest BCUT2D eigenvalue weighted by molar-refractivity contribution is 4.97. The Hall–Kier alpha value is -1.08. The summed E-state index contributed by atoms with van der Waals surface area (Å²) >= 11 is 0. The van der Waals surface area contributed by atoms with Gasteiger partial charge in [-0.3, -0.25) is 0 Å². The molecule has 520 valence electrons. The van der Waals surface area contributed by atoms with Crippen molar-refractivity contribution in [1.29, 1.82) is 0 Å². The summed E-state index contributed by atoms with van der Waals surface area (Å²) in [5, 5.41) is 93.0. The zero-order valence-corrected chi connectivity index (χ0v) is 57.0. The Bertz CT molecular complexity index is 1290. The van der Waals surface area contributed by atoms with E-state index in [0.717, 1.165) is 44.9 Å². The Kier molecular flexibility index (Phi) is 81.1. The van der Waals surface area contributed by atoms with Gasteiger partial charge in [0.1, 0.15) is 0 Å². The molecular weight excluding hydrogens is 1080 g/mol. The van der Waals surface area contributed by atoms with Gasteiger partial charge in [-0.1, -0.05) is 341 Å². The van der Waals surface area contributed by atoms with Crippen LogP contribution in [0.25, 0.3) is 0 Å². The Morgan fingerprint density at radius 2 is 0.500 bits per heavy atom. The molecule has 0 aliphatic heterocycles. The molecule has 10 atom stereocenters. The summed E-state index contributed by atoms with van der Waals surface area (Å²) in [6.45, 7) is 8.16. The van der Waals surface area contributed by atoms with Crippen molar-refractivity contribution >= 4 is 0 Å². The molecule has 0 amide bonds. The van der Waals surface area contributed by atoms with Gasteiger partial charge in [0.15, 0.2) is 0 Å². The molecule has 0 saturated heterocycles. The van der Waals surface area contributed by atoms with Crippen LogP contribution in [0.1, 0.15) is 349 Å². The third kappa shape index (κ3) is 72.0. The first-order chi connectivity index (χ1) is 41.7. The van der Waals surface area contributed by atoms with Gasteiger partial charge in [0, 0.05) is 0 Å². The van der Waals surface area contributed by atoms with Gasteiger partial charge in [-0.25, -0.2) is 0 Å². The molecule has 0 aliphatic rings. The van der Waals surface area contributed by atoms with Gasteiger partial charge >= 0.3 is 0 Å². The normalized spacial score (nSPS) is 15.2. The quantitative estimate of drug-likeness (QED) is 0.0199. The molecule has 0 radical (unpaired) electrons. The summed E-state index contributed by atoms with van der Waals surface area (Å²) in [6, 6.07) is -2.45. The number of allylic oxidation sites excluding steroid dienone is 1. The molecule has 0 aliphatic carbocycles. The standard InChI is InChI=1S/C18H37NO3.C18H39NO3.C18H39NO2.C18H37NO2/c1-2-3-4-5-6-7-8-9-10-11-12-16(21)13-14-18(22)17(19)15-20;1-2-3-4-5-6-7-8-9-10-11-12-13-14-17(21)18(22)16(19)15-20;2*1-2-3-4-5-6-7-8-9-10-11-12-13-14-15-18(21)17(19)16-20/h13-14,16-18,20-22H,2-12,15,19H2,1H3;16-18,20-22H,2-15,19H2,1H3;17-18,20-21H,2-16,19H2,1H3;14-15,17-18,20-21H,2-13,16,19H2,1H3/b14-13+;;;15-14+/t2*16-,17+,18-;2*17-,18+/m1000/s1. The summed E-state index contributed by atoms with van der Waals surface area (Å²) in [6.07, 6.45) is 65.5. The van der Waals surface area contributed by atoms with Crippen LogP contribution < -0.4 is 22.9 Å². The van der Waals surface area contributed by atoms with E-state index in [1.54, 1.807) is 12.2 Å². The van der Waals surface area contributed by atoms with Crippen molar-refractivity contribution in [2.75, 3.05) is 26.4 Å². The van der Waals surface area contributed by atoms with Gasteiger partial charge in [-0.15, -0.1) is 0 Å². The van der Waals surface area contributed by atoms with Crippen molar-refractivity contribution in [3.63, 3.8) is 0 Å². The number of aliphatic hydroxyl groups is 10. The first-order valence-electron chi connectivity index (χ1n) is 36.6. The number of aliphatic hydroxyl groups excluding tert-OH is 10. The lowest BCUT2D eigenvalue weighted by Gasteiger charge is -2.22. The van der Waals surface area contributed by atoms with Crippen LogP contribution in [0.2, 0.25) is 0 Å². The summed E-state index contributed by atoms with van der Waals surface area (Å²) in [4.78, 5) is 0. The highest BCUT2D eigenvalue weighted by atomic mass is 16.3. The molecule has 0 saturated carbocycles. The fourth-order valence-corrected chi connectivity index (χ4v) is 10.3. The number of unbranched alkanes of at least 4 members (excludes halogenated alkanes) is 43. The maximum atomic E-state index is 9.77. The van der Waals surface area contributed by atoms with Crippen LogP contribution in [0.3, 0.4) is 0 Å². The Balaban J connectivity index is -0.000000521. The largest absolute Gasteiger partial charge is 0.395 e. The number of nitrogens with two attached hydrogens (primary N) is 4. The molecule has 0 bridgehead atoms. The van der Waals surface area contributed by atoms with Gasteiger partial charge in [0.2, 0.25) is 0 Å².